The first kappa shape index (κ1) is 17.4. The van der Waals surface area contributed by atoms with E-state index in [0.29, 0.717) is 19.6 Å². The molecule has 20 heavy (non-hydrogen) atoms. The summed E-state index contributed by atoms with van der Waals surface area (Å²) in [4.78, 5) is 12.1. The van der Waals surface area contributed by atoms with E-state index in [1.807, 2.05) is 27.7 Å². The normalized spacial score (nSPS) is 18.6. The van der Waals surface area contributed by atoms with Gasteiger partial charge >= 0.3 is 5.97 Å². The zero-order valence-electron chi connectivity index (χ0n) is 13.5. The molecule has 4 nitrogen and oxygen atoms in total. The quantitative estimate of drug-likeness (QED) is 0.495. The van der Waals surface area contributed by atoms with E-state index in [0.717, 1.165) is 18.9 Å². The minimum atomic E-state index is -0.652. The van der Waals surface area contributed by atoms with Crippen molar-refractivity contribution in [1.82, 2.24) is 5.32 Å². The fraction of sp³-hybridized carbons (Fsp3) is 0.938. The van der Waals surface area contributed by atoms with Gasteiger partial charge in [0.15, 0.2) is 0 Å². The van der Waals surface area contributed by atoms with Crippen molar-refractivity contribution in [3.8, 4) is 0 Å². The van der Waals surface area contributed by atoms with Crippen LogP contribution >= 0.6 is 0 Å². The Hall–Kier alpha value is -0.610. The molecule has 1 fully saturated rings. The van der Waals surface area contributed by atoms with Crippen LogP contribution in [0.25, 0.3) is 0 Å². The number of nitrogens with one attached hydrogen (secondary N) is 1. The van der Waals surface area contributed by atoms with Crippen molar-refractivity contribution >= 4 is 5.97 Å². The molecular weight excluding hydrogens is 254 g/mol. The third-order valence-electron chi connectivity index (χ3n) is 3.97. The van der Waals surface area contributed by atoms with Gasteiger partial charge in [0.05, 0.1) is 6.61 Å². The van der Waals surface area contributed by atoms with Crippen molar-refractivity contribution in [2.75, 3.05) is 19.8 Å². The molecule has 0 heterocycles. The molecule has 0 bridgehead atoms. The molecule has 1 aliphatic rings. The number of hydrogen-bond acceptors (Lipinski definition) is 4. The van der Waals surface area contributed by atoms with Gasteiger partial charge in [-0.05, 0) is 46.5 Å². The molecule has 0 aromatic rings. The molecule has 1 atom stereocenters. The lowest BCUT2D eigenvalue weighted by atomic mass is 9.83. The lowest BCUT2D eigenvalue weighted by Crippen LogP contribution is -2.53. The van der Waals surface area contributed by atoms with Crippen LogP contribution in [-0.4, -0.2) is 37.4 Å². The lowest BCUT2D eigenvalue weighted by Gasteiger charge is -2.31. The van der Waals surface area contributed by atoms with E-state index in [2.05, 4.69) is 5.32 Å². The van der Waals surface area contributed by atoms with Gasteiger partial charge in [0.1, 0.15) is 5.54 Å². The average molecular weight is 285 g/mol. The molecule has 1 saturated carbocycles. The number of esters is 1. The second kappa shape index (κ2) is 8.63. The summed E-state index contributed by atoms with van der Waals surface area (Å²) in [5.41, 5.74) is -0.652. The first-order valence-electron chi connectivity index (χ1n) is 8.00. The molecule has 1 unspecified atom stereocenters. The monoisotopic (exact) mass is 285 g/mol. The summed E-state index contributed by atoms with van der Waals surface area (Å²) in [5, 5.41) is 3.31. The molecule has 0 aromatic heterocycles. The SMILES string of the molecule is CCOC(=O)C(C)(CCOCCC1CCC1)NC(C)C. The van der Waals surface area contributed by atoms with Crippen molar-refractivity contribution in [2.45, 2.75) is 71.4 Å². The Morgan fingerprint density at radius 3 is 2.55 bits per heavy atom. The predicted octanol–water partition coefficient (Wildman–Crippen LogP) is 2.90. The molecule has 0 radical (unpaired) electrons. The van der Waals surface area contributed by atoms with Gasteiger partial charge in [-0.3, -0.25) is 10.1 Å². The fourth-order valence-corrected chi connectivity index (χ4v) is 2.57. The number of carbonyl (C=O) groups excluding carboxylic acids is 1. The molecule has 1 rings (SSSR count). The standard InChI is InChI=1S/C16H31NO3/c1-5-20-15(18)16(4,17-13(2)3)10-12-19-11-9-14-7-6-8-14/h13-14,17H,5-12H2,1-4H3. The van der Waals surface area contributed by atoms with E-state index in [1.54, 1.807) is 0 Å². The van der Waals surface area contributed by atoms with Crippen LogP contribution in [0.15, 0.2) is 0 Å². The van der Waals surface area contributed by atoms with E-state index in [1.165, 1.54) is 19.3 Å². The van der Waals surface area contributed by atoms with Crippen molar-refractivity contribution in [3.05, 3.63) is 0 Å². The van der Waals surface area contributed by atoms with Crippen molar-refractivity contribution in [3.63, 3.8) is 0 Å². The summed E-state index contributed by atoms with van der Waals surface area (Å²) in [6.07, 6.45) is 5.91. The summed E-state index contributed by atoms with van der Waals surface area (Å²) >= 11 is 0. The average Bonchev–Trinajstić information content (AvgIpc) is 2.30. The molecule has 0 saturated heterocycles. The van der Waals surface area contributed by atoms with Crippen LogP contribution in [0.2, 0.25) is 0 Å². The number of carbonyl (C=O) groups is 1. The number of rotatable bonds is 10. The highest BCUT2D eigenvalue weighted by atomic mass is 16.5. The van der Waals surface area contributed by atoms with Crippen LogP contribution in [-0.2, 0) is 14.3 Å². The minimum absolute atomic E-state index is 0.184. The predicted molar refractivity (Wildman–Crippen MR) is 80.7 cm³/mol. The first-order valence-corrected chi connectivity index (χ1v) is 8.00. The number of hydrogen-bond donors (Lipinski definition) is 1. The van der Waals surface area contributed by atoms with Crippen molar-refractivity contribution in [1.29, 1.82) is 0 Å². The van der Waals surface area contributed by atoms with E-state index in [9.17, 15) is 4.79 Å². The smallest absolute Gasteiger partial charge is 0.326 e. The minimum Gasteiger partial charge on any atom is -0.465 e. The van der Waals surface area contributed by atoms with Gasteiger partial charge in [0.2, 0.25) is 0 Å². The molecule has 0 spiro atoms. The van der Waals surface area contributed by atoms with Crippen molar-refractivity contribution in [2.24, 2.45) is 5.92 Å². The Balaban J connectivity index is 2.29. The van der Waals surface area contributed by atoms with Gasteiger partial charge in [0.25, 0.3) is 0 Å². The Kier molecular flexibility index (Phi) is 7.52. The van der Waals surface area contributed by atoms with Crippen LogP contribution in [0.4, 0.5) is 0 Å². The summed E-state index contributed by atoms with van der Waals surface area (Å²) < 4.78 is 10.9. The molecule has 4 heteroatoms. The van der Waals surface area contributed by atoms with Crippen LogP contribution < -0.4 is 5.32 Å². The summed E-state index contributed by atoms with van der Waals surface area (Å²) in [6, 6.07) is 0.236. The second-order valence-corrected chi connectivity index (χ2v) is 6.30. The molecule has 1 aliphatic carbocycles. The molecule has 118 valence electrons. The molecule has 0 aromatic carbocycles. The van der Waals surface area contributed by atoms with Gasteiger partial charge < -0.3 is 9.47 Å². The fourth-order valence-electron chi connectivity index (χ4n) is 2.57. The van der Waals surface area contributed by atoms with E-state index in [-0.39, 0.29) is 12.0 Å². The highest BCUT2D eigenvalue weighted by Crippen LogP contribution is 2.29. The van der Waals surface area contributed by atoms with E-state index in [4.69, 9.17) is 9.47 Å². The maximum absolute atomic E-state index is 12.1. The first-order chi connectivity index (χ1) is 9.48. The third-order valence-corrected chi connectivity index (χ3v) is 3.97. The van der Waals surface area contributed by atoms with Gasteiger partial charge in [-0.1, -0.05) is 19.3 Å². The Morgan fingerprint density at radius 2 is 2.05 bits per heavy atom. The highest BCUT2D eigenvalue weighted by molar-refractivity contribution is 5.80. The van der Waals surface area contributed by atoms with Gasteiger partial charge in [0, 0.05) is 19.3 Å². The maximum atomic E-state index is 12.1. The second-order valence-electron chi connectivity index (χ2n) is 6.30. The Morgan fingerprint density at radius 1 is 1.35 bits per heavy atom. The molecule has 1 N–H and O–H groups in total. The van der Waals surface area contributed by atoms with E-state index < -0.39 is 5.54 Å². The van der Waals surface area contributed by atoms with Gasteiger partial charge in [-0.25, -0.2) is 0 Å². The highest BCUT2D eigenvalue weighted by Gasteiger charge is 2.34. The zero-order valence-corrected chi connectivity index (χ0v) is 13.5. The zero-order chi connectivity index (χ0) is 15.0. The molecular formula is C16H31NO3. The topological polar surface area (TPSA) is 47.6 Å². The summed E-state index contributed by atoms with van der Waals surface area (Å²) in [6.45, 7) is 9.64. The largest absolute Gasteiger partial charge is 0.465 e. The van der Waals surface area contributed by atoms with Gasteiger partial charge in [-0.15, -0.1) is 0 Å². The van der Waals surface area contributed by atoms with Crippen LogP contribution in [0.5, 0.6) is 0 Å². The van der Waals surface area contributed by atoms with Crippen LogP contribution in [0.1, 0.15) is 59.8 Å². The number of ether oxygens (including phenoxy) is 2. The van der Waals surface area contributed by atoms with Gasteiger partial charge in [-0.2, -0.15) is 0 Å². The van der Waals surface area contributed by atoms with Crippen LogP contribution in [0, 0.1) is 5.92 Å². The molecule has 0 amide bonds. The maximum Gasteiger partial charge on any atom is 0.326 e. The molecule has 0 aliphatic heterocycles. The Bertz CT molecular complexity index is 289. The summed E-state index contributed by atoms with van der Waals surface area (Å²) in [5.74, 6) is 0.691. The third kappa shape index (κ3) is 5.80. The van der Waals surface area contributed by atoms with Crippen molar-refractivity contribution < 1.29 is 14.3 Å². The summed E-state index contributed by atoms with van der Waals surface area (Å²) in [7, 11) is 0. The van der Waals surface area contributed by atoms with Crippen LogP contribution in [0.3, 0.4) is 0 Å². The van der Waals surface area contributed by atoms with E-state index >= 15 is 0 Å². The Labute approximate surface area is 123 Å². The lowest BCUT2D eigenvalue weighted by molar-refractivity contribution is -0.151.